The van der Waals surface area contributed by atoms with Gasteiger partial charge in [0.1, 0.15) is 6.04 Å². The van der Waals surface area contributed by atoms with Crippen LogP contribution in [-0.2, 0) is 19.1 Å². The number of carbonyl (C=O) groups excluding carboxylic acids is 3. The molecule has 4 N–H and O–H groups in total. The Morgan fingerprint density at radius 3 is 1.57 bits per heavy atom. The summed E-state index contributed by atoms with van der Waals surface area (Å²) in [6.07, 6.45) is 30.2. The fraction of sp³-hybridized carbons (Fsp3) is 0.932. The standard InChI is InChI=1S/C44H87N3O6S/c1-4-7-10-13-15-16-17-18-19-20-22-25-37-53-42(50)30-39-54-38-29-41(44(52)45-31-26-32-47(33-35-48)34-36-49)46-43(51)40(27-23-12-9-6-3)28-24-21-14-11-8-5-2/h40-41,48-49H,4-39H2,1-3H3,(H,45,52)(H,46,51). The van der Waals surface area contributed by atoms with E-state index in [1.807, 2.05) is 4.90 Å². The first kappa shape index (κ1) is 52.6. The topological polar surface area (TPSA) is 128 Å². The molecule has 320 valence electrons. The summed E-state index contributed by atoms with van der Waals surface area (Å²) in [7, 11) is 0. The molecule has 0 aliphatic heterocycles. The van der Waals surface area contributed by atoms with Crippen LogP contribution in [0.15, 0.2) is 0 Å². The largest absolute Gasteiger partial charge is 0.466 e. The molecule has 9 nitrogen and oxygen atoms in total. The number of aliphatic hydroxyl groups is 2. The lowest BCUT2D eigenvalue weighted by molar-refractivity contribution is -0.143. The van der Waals surface area contributed by atoms with Crippen LogP contribution in [0.5, 0.6) is 0 Å². The summed E-state index contributed by atoms with van der Waals surface area (Å²) >= 11 is 1.62. The molecule has 0 aliphatic carbocycles. The summed E-state index contributed by atoms with van der Waals surface area (Å²) < 4.78 is 5.48. The molecule has 0 aromatic rings. The van der Waals surface area contributed by atoms with E-state index >= 15 is 0 Å². The molecule has 0 radical (unpaired) electrons. The molecule has 0 rings (SSSR count). The minimum absolute atomic E-state index is 0.0105. The van der Waals surface area contributed by atoms with E-state index in [9.17, 15) is 24.6 Å². The van der Waals surface area contributed by atoms with E-state index in [-0.39, 0.29) is 36.9 Å². The molecule has 10 heteroatoms. The summed E-state index contributed by atoms with van der Waals surface area (Å²) in [6.45, 7) is 9.29. The van der Waals surface area contributed by atoms with E-state index in [0.29, 0.717) is 63.6 Å². The number of nitrogens with one attached hydrogen (secondary N) is 2. The zero-order valence-corrected chi connectivity index (χ0v) is 36.3. The van der Waals surface area contributed by atoms with Crippen LogP contribution < -0.4 is 10.6 Å². The van der Waals surface area contributed by atoms with Gasteiger partial charge in [-0.3, -0.25) is 19.3 Å². The lowest BCUT2D eigenvalue weighted by Crippen LogP contribution is -2.49. The van der Waals surface area contributed by atoms with E-state index < -0.39 is 6.04 Å². The Kier molecular flexibility index (Phi) is 40.2. The predicted octanol–water partition coefficient (Wildman–Crippen LogP) is 9.36. The second-order valence-electron chi connectivity index (χ2n) is 15.4. The van der Waals surface area contributed by atoms with Gasteiger partial charge in [-0.2, -0.15) is 11.8 Å². The third kappa shape index (κ3) is 33.9. The van der Waals surface area contributed by atoms with Crippen molar-refractivity contribution in [1.29, 1.82) is 0 Å². The average Bonchev–Trinajstić information content (AvgIpc) is 3.16. The second kappa shape index (κ2) is 41.3. The van der Waals surface area contributed by atoms with Crippen LogP contribution in [0, 0.1) is 5.92 Å². The predicted molar refractivity (Wildman–Crippen MR) is 229 cm³/mol. The van der Waals surface area contributed by atoms with Crippen LogP contribution in [0.3, 0.4) is 0 Å². The summed E-state index contributed by atoms with van der Waals surface area (Å²) in [5.74, 6) is 0.855. The normalized spacial score (nSPS) is 12.6. The highest BCUT2D eigenvalue weighted by atomic mass is 32.2. The van der Waals surface area contributed by atoms with E-state index in [2.05, 4.69) is 31.4 Å². The zero-order chi connectivity index (χ0) is 39.7. The van der Waals surface area contributed by atoms with Crippen LogP contribution in [0.1, 0.15) is 194 Å². The Balaban J connectivity index is 4.79. The molecule has 0 saturated heterocycles. The molecule has 2 unspecified atom stereocenters. The van der Waals surface area contributed by atoms with Gasteiger partial charge >= 0.3 is 5.97 Å². The van der Waals surface area contributed by atoms with Gasteiger partial charge < -0.3 is 25.6 Å². The Bertz CT molecular complexity index is 845. The van der Waals surface area contributed by atoms with Crippen molar-refractivity contribution in [3.05, 3.63) is 0 Å². The highest BCUT2D eigenvalue weighted by Gasteiger charge is 2.25. The smallest absolute Gasteiger partial charge is 0.306 e. The van der Waals surface area contributed by atoms with Crippen LogP contribution in [0.25, 0.3) is 0 Å². The molecule has 54 heavy (non-hydrogen) atoms. The van der Waals surface area contributed by atoms with Gasteiger partial charge in [0, 0.05) is 31.3 Å². The molecule has 0 fully saturated rings. The number of aliphatic hydroxyl groups excluding tert-OH is 2. The van der Waals surface area contributed by atoms with Gasteiger partial charge in [-0.15, -0.1) is 0 Å². The number of hydrogen-bond acceptors (Lipinski definition) is 8. The van der Waals surface area contributed by atoms with E-state index in [4.69, 9.17) is 4.74 Å². The van der Waals surface area contributed by atoms with Crippen LogP contribution >= 0.6 is 11.8 Å². The van der Waals surface area contributed by atoms with Gasteiger partial charge in [0.15, 0.2) is 0 Å². The average molecular weight is 786 g/mol. The van der Waals surface area contributed by atoms with E-state index in [1.165, 1.54) is 96.3 Å². The van der Waals surface area contributed by atoms with E-state index in [0.717, 1.165) is 57.8 Å². The fourth-order valence-corrected chi connectivity index (χ4v) is 7.79. The summed E-state index contributed by atoms with van der Waals surface area (Å²) in [6, 6.07) is -0.628. The molecule has 0 spiro atoms. The number of amides is 2. The number of nitrogens with zero attached hydrogens (tertiary/aromatic N) is 1. The third-order valence-electron chi connectivity index (χ3n) is 10.4. The summed E-state index contributed by atoms with van der Waals surface area (Å²) in [4.78, 5) is 41.4. The Morgan fingerprint density at radius 2 is 1.06 bits per heavy atom. The maximum Gasteiger partial charge on any atom is 0.306 e. The molecule has 0 saturated carbocycles. The first-order valence-electron chi connectivity index (χ1n) is 22.7. The molecule has 0 heterocycles. The quantitative estimate of drug-likeness (QED) is 0.0356. The highest BCUT2D eigenvalue weighted by Crippen LogP contribution is 2.20. The number of hydrogen-bond donors (Lipinski definition) is 4. The van der Waals surface area contributed by atoms with Crippen molar-refractivity contribution in [1.82, 2.24) is 15.5 Å². The van der Waals surface area contributed by atoms with Crippen molar-refractivity contribution >= 4 is 29.5 Å². The van der Waals surface area contributed by atoms with Gasteiger partial charge in [-0.25, -0.2) is 0 Å². The van der Waals surface area contributed by atoms with E-state index in [1.54, 1.807) is 11.8 Å². The SMILES string of the molecule is CCCCCCCCCCCCCCOC(=O)CCSCCC(NC(=O)C(CCCCCC)CCCCCCCC)C(=O)NCCCN(CCO)CCO. The van der Waals surface area contributed by atoms with Crippen LogP contribution in [-0.4, -0.2) is 96.4 Å². The van der Waals surface area contributed by atoms with Crippen molar-refractivity contribution in [3.63, 3.8) is 0 Å². The van der Waals surface area contributed by atoms with Crippen molar-refractivity contribution < 1.29 is 29.3 Å². The van der Waals surface area contributed by atoms with Gasteiger partial charge in [0.2, 0.25) is 11.8 Å². The lowest BCUT2D eigenvalue weighted by atomic mass is 9.93. The van der Waals surface area contributed by atoms with Gasteiger partial charge in [-0.1, -0.05) is 156 Å². The number of ether oxygens (including phenoxy) is 1. The Morgan fingerprint density at radius 1 is 0.574 bits per heavy atom. The first-order valence-corrected chi connectivity index (χ1v) is 23.8. The molecule has 2 atom stereocenters. The first-order chi connectivity index (χ1) is 26.4. The van der Waals surface area contributed by atoms with Crippen molar-refractivity contribution in [2.24, 2.45) is 5.92 Å². The third-order valence-corrected chi connectivity index (χ3v) is 11.4. The molecule has 0 aliphatic rings. The van der Waals surface area contributed by atoms with Gasteiger partial charge in [-0.05, 0) is 44.4 Å². The maximum atomic E-state index is 13.7. The molecular formula is C44H87N3O6S. The minimum Gasteiger partial charge on any atom is -0.466 e. The number of carbonyl (C=O) groups is 3. The number of esters is 1. The zero-order valence-electron chi connectivity index (χ0n) is 35.5. The number of rotatable bonds is 42. The summed E-state index contributed by atoms with van der Waals surface area (Å²) in [5, 5.41) is 24.8. The monoisotopic (exact) mass is 786 g/mol. The van der Waals surface area contributed by atoms with Gasteiger partial charge in [0.05, 0.1) is 26.2 Å². The van der Waals surface area contributed by atoms with Gasteiger partial charge in [0.25, 0.3) is 0 Å². The maximum absolute atomic E-state index is 13.7. The molecule has 0 bridgehead atoms. The summed E-state index contributed by atoms with van der Waals surface area (Å²) in [5.41, 5.74) is 0. The molecule has 2 amide bonds. The van der Waals surface area contributed by atoms with Crippen molar-refractivity contribution in [3.8, 4) is 0 Å². The van der Waals surface area contributed by atoms with Crippen LogP contribution in [0.2, 0.25) is 0 Å². The lowest BCUT2D eigenvalue weighted by Gasteiger charge is -2.23. The fourth-order valence-electron chi connectivity index (χ4n) is 6.87. The molecular weight excluding hydrogens is 699 g/mol. The molecule has 0 aromatic heterocycles. The second-order valence-corrected chi connectivity index (χ2v) is 16.6. The van der Waals surface area contributed by atoms with Crippen molar-refractivity contribution in [2.45, 2.75) is 200 Å². The minimum atomic E-state index is -0.628. The highest BCUT2D eigenvalue weighted by molar-refractivity contribution is 7.99. The molecule has 0 aromatic carbocycles. The number of unbranched alkanes of at least 4 members (excludes halogenated alkanes) is 19. The Hall–Kier alpha value is -1.36. The van der Waals surface area contributed by atoms with Crippen molar-refractivity contribution in [2.75, 3.05) is 57.5 Å². The van der Waals surface area contributed by atoms with Crippen LogP contribution in [0.4, 0.5) is 0 Å². The Labute approximate surface area is 337 Å². The number of thioether (sulfide) groups is 1.